The third-order valence-electron chi connectivity index (χ3n) is 5.46. The number of amides is 4. The van der Waals surface area contributed by atoms with E-state index in [4.69, 9.17) is 5.73 Å². The van der Waals surface area contributed by atoms with E-state index in [9.17, 15) is 14.4 Å². The molecule has 1 unspecified atom stereocenters. The minimum atomic E-state index is -0.754. The van der Waals surface area contributed by atoms with Crippen molar-refractivity contribution in [2.24, 2.45) is 11.1 Å². The van der Waals surface area contributed by atoms with Gasteiger partial charge in [0, 0.05) is 26.2 Å². The van der Waals surface area contributed by atoms with Gasteiger partial charge < -0.3 is 20.9 Å². The Kier molecular flexibility index (Phi) is 6.10. The third kappa shape index (κ3) is 4.26. The van der Waals surface area contributed by atoms with E-state index in [2.05, 4.69) is 26.1 Å². The van der Waals surface area contributed by atoms with Gasteiger partial charge in [0.1, 0.15) is 6.04 Å². The number of primary amides is 1. The summed E-state index contributed by atoms with van der Waals surface area (Å²) in [6.07, 6.45) is 6.85. The second-order valence-corrected chi connectivity index (χ2v) is 7.71. The monoisotopic (exact) mass is 362 g/mol. The lowest BCUT2D eigenvalue weighted by Gasteiger charge is -2.39. The summed E-state index contributed by atoms with van der Waals surface area (Å²) in [7, 11) is 1.50. The van der Waals surface area contributed by atoms with Gasteiger partial charge in [-0.3, -0.25) is 9.59 Å². The summed E-state index contributed by atoms with van der Waals surface area (Å²) in [5.74, 6) is -0.470. The van der Waals surface area contributed by atoms with Crippen molar-refractivity contribution in [3.05, 3.63) is 23.3 Å². The van der Waals surface area contributed by atoms with Gasteiger partial charge in [0.05, 0.1) is 6.54 Å². The number of piperazine rings is 1. The summed E-state index contributed by atoms with van der Waals surface area (Å²) < 4.78 is 0. The number of nitrogens with one attached hydrogen (secondary N) is 1. The Bertz CT molecular complexity index is 651. The summed E-state index contributed by atoms with van der Waals surface area (Å²) in [6, 6.07) is -1.40. The van der Waals surface area contributed by atoms with Crippen LogP contribution in [0.3, 0.4) is 0 Å². The lowest BCUT2D eigenvalue weighted by molar-refractivity contribution is -0.133. The fourth-order valence-electron chi connectivity index (χ4n) is 3.91. The quantitative estimate of drug-likeness (QED) is 0.743. The molecule has 2 rings (SSSR count). The van der Waals surface area contributed by atoms with Crippen LogP contribution in [0.2, 0.25) is 0 Å². The summed E-state index contributed by atoms with van der Waals surface area (Å²) >= 11 is 0. The fraction of sp³-hybridized carbons (Fsp3) is 0.632. The van der Waals surface area contributed by atoms with Crippen molar-refractivity contribution in [2.45, 2.75) is 46.1 Å². The Morgan fingerprint density at radius 2 is 1.96 bits per heavy atom. The van der Waals surface area contributed by atoms with Gasteiger partial charge >= 0.3 is 6.03 Å². The van der Waals surface area contributed by atoms with Gasteiger partial charge in [0.25, 0.3) is 0 Å². The lowest BCUT2D eigenvalue weighted by atomic mass is 9.72. The van der Waals surface area contributed by atoms with Crippen molar-refractivity contribution in [1.82, 2.24) is 15.1 Å². The van der Waals surface area contributed by atoms with E-state index in [1.807, 2.05) is 6.08 Å². The molecular weight excluding hydrogens is 332 g/mol. The molecule has 0 bridgehead atoms. The number of allylic oxidation sites excluding steroid dienone is 3. The van der Waals surface area contributed by atoms with Crippen LogP contribution in [0.4, 0.5) is 4.79 Å². The molecule has 1 aliphatic carbocycles. The molecular formula is C19H30N4O3. The zero-order chi connectivity index (χ0) is 19.5. The van der Waals surface area contributed by atoms with Gasteiger partial charge in [-0.05, 0) is 37.2 Å². The normalized spacial score (nSPS) is 23.3. The highest BCUT2D eigenvalue weighted by atomic mass is 16.2. The molecule has 1 heterocycles. The second-order valence-electron chi connectivity index (χ2n) is 7.71. The van der Waals surface area contributed by atoms with E-state index in [1.165, 1.54) is 29.5 Å². The van der Waals surface area contributed by atoms with E-state index in [0.29, 0.717) is 6.54 Å². The zero-order valence-corrected chi connectivity index (χ0v) is 16.2. The molecule has 0 radical (unpaired) electrons. The van der Waals surface area contributed by atoms with Gasteiger partial charge in [-0.2, -0.15) is 0 Å². The van der Waals surface area contributed by atoms with Crippen LogP contribution in [-0.4, -0.2) is 60.4 Å². The Hall–Kier alpha value is -2.31. The average Bonchev–Trinajstić information content (AvgIpc) is 2.59. The molecule has 1 saturated heterocycles. The Balaban J connectivity index is 2.12. The topological polar surface area (TPSA) is 95.7 Å². The molecule has 0 aromatic heterocycles. The molecule has 7 heteroatoms. The fourth-order valence-corrected chi connectivity index (χ4v) is 3.91. The number of rotatable bonds is 3. The zero-order valence-electron chi connectivity index (χ0n) is 16.2. The van der Waals surface area contributed by atoms with E-state index in [-0.39, 0.29) is 30.3 Å². The van der Waals surface area contributed by atoms with Crippen molar-refractivity contribution >= 4 is 17.8 Å². The summed E-state index contributed by atoms with van der Waals surface area (Å²) in [6.45, 7) is 7.28. The molecule has 0 spiro atoms. The number of carbonyl (C=O) groups excluding carboxylic acids is 3. The van der Waals surface area contributed by atoms with Crippen molar-refractivity contribution in [2.75, 3.05) is 26.7 Å². The first-order valence-electron chi connectivity index (χ1n) is 9.12. The largest absolute Gasteiger partial charge is 0.357 e. The van der Waals surface area contributed by atoms with Crippen LogP contribution in [0.1, 0.15) is 40.0 Å². The molecule has 2 aliphatic rings. The molecule has 1 atom stereocenters. The first-order chi connectivity index (χ1) is 12.2. The number of urea groups is 1. The lowest BCUT2D eigenvalue weighted by Crippen LogP contribution is -2.62. The SMILES string of the molecule is CNC(=O)C1CN(C(=O)/C=C/C2=C(C)CCCC2(C)C)CCN1C(N)=O. The molecule has 0 saturated carbocycles. The van der Waals surface area contributed by atoms with E-state index in [0.717, 1.165) is 12.8 Å². The maximum atomic E-state index is 12.6. The minimum absolute atomic E-state index is 0.0639. The van der Waals surface area contributed by atoms with Gasteiger partial charge in [-0.25, -0.2) is 4.79 Å². The standard InChI is InChI=1S/C19H30N4O3/c1-13-6-5-9-19(2,3)14(13)7-8-16(24)22-10-11-23(18(20)26)15(12-22)17(25)21-4/h7-8,15H,5-6,9-12H2,1-4H3,(H2,20,26)(H,21,25)/b8-7+. The second kappa shape index (κ2) is 7.93. The molecule has 4 amide bonds. The Morgan fingerprint density at radius 3 is 2.54 bits per heavy atom. The van der Waals surface area contributed by atoms with Crippen LogP contribution in [0, 0.1) is 5.41 Å². The van der Waals surface area contributed by atoms with Crippen LogP contribution in [0.25, 0.3) is 0 Å². The van der Waals surface area contributed by atoms with Gasteiger partial charge in [0.2, 0.25) is 11.8 Å². The summed E-state index contributed by atoms with van der Waals surface area (Å²) in [5.41, 5.74) is 7.96. The number of likely N-dealkylation sites (N-methyl/N-ethyl adjacent to an activating group) is 1. The molecule has 0 aromatic rings. The molecule has 0 aromatic carbocycles. The Morgan fingerprint density at radius 1 is 1.27 bits per heavy atom. The van der Waals surface area contributed by atoms with Crippen LogP contribution >= 0.6 is 0 Å². The van der Waals surface area contributed by atoms with Crippen LogP contribution in [0.15, 0.2) is 23.3 Å². The molecule has 1 aliphatic heterocycles. The first kappa shape index (κ1) is 20.0. The first-order valence-corrected chi connectivity index (χ1v) is 9.12. The van der Waals surface area contributed by atoms with E-state index in [1.54, 1.807) is 11.0 Å². The molecule has 3 N–H and O–H groups in total. The third-order valence-corrected chi connectivity index (χ3v) is 5.46. The van der Waals surface area contributed by atoms with E-state index >= 15 is 0 Å². The van der Waals surface area contributed by atoms with Crippen molar-refractivity contribution in [3.8, 4) is 0 Å². The number of hydrogen-bond donors (Lipinski definition) is 2. The van der Waals surface area contributed by atoms with Crippen molar-refractivity contribution in [3.63, 3.8) is 0 Å². The highest BCUT2D eigenvalue weighted by Gasteiger charge is 2.35. The highest BCUT2D eigenvalue weighted by molar-refractivity contribution is 5.91. The smallest absolute Gasteiger partial charge is 0.315 e. The Labute approximate surface area is 155 Å². The van der Waals surface area contributed by atoms with Gasteiger partial charge in [-0.15, -0.1) is 0 Å². The van der Waals surface area contributed by atoms with Gasteiger partial charge in [-0.1, -0.05) is 25.5 Å². The van der Waals surface area contributed by atoms with Crippen LogP contribution in [-0.2, 0) is 9.59 Å². The predicted molar refractivity (Wildman–Crippen MR) is 100 cm³/mol. The number of nitrogens with two attached hydrogens (primary N) is 1. The van der Waals surface area contributed by atoms with Gasteiger partial charge in [0.15, 0.2) is 0 Å². The summed E-state index contributed by atoms with van der Waals surface area (Å²) in [5, 5.41) is 2.53. The minimum Gasteiger partial charge on any atom is -0.357 e. The van der Waals surface area contributed by atoms with Crippen LogP contribution < -0.4 is 11.1 Å². The number of hydrogen-bond acceptors (Lipinski definition) is 3. The molecule has 1 fully saturated rings. The maximum Gasteiger partial charge on any atom is 0.315 e. The predicted octanol–water partition coefficient (Wildman–Crippen LogP) is 1.41. The van der Waals surface area contributed by atoms with Crippen molar-refractivity contribution in [1.29, 1.82) is 0 Å². The number of nitrogens with zero attached hydrogens (tertiary/aromatic N) is 2. The average molecular weight is 362 g/mol. The summed E-state index contributed by atoms with van der Waals surface area (Å²) in [4.78, 5) is 39.2. The molecule has 144 valence electrons. The van der Waals surface area contributed by atoms with Crippen molar-refractivity contribution < 1.29 is 14.4 Å². The molecule has 26 heavy (non-hydrogen) atoms. The van der Waals surface area contributed by atoms with Crippen LogP contribution in [0.5, 0.6) is 0 Å². The highest BCUT2D eigenvalue weighted by Crippen LogP contribution is 2.40. The van der Waals surface area contributed by atoms with E-state index < -0.39 is 12.1 Å². The maximum absolute atomic E-state index is 12.6. The number of carbonyl (C=O) groups is 3. The molecule has 7 nitrogen and oxygen atoms in total.